The number of pyridine rings is 1. The van der Waals surface area contributed by atoms with Crippen LogP contribution in [0, 0.1) is 0 Å². The number of aromatic nitrogens is 1. The number of anilines is 1. The first kappa shape index (κ1) is 10.1. The largest absolute Gasteiger partial charge is 0.369 e. The third-order valence-electron chi connectivity index (χ3n) is 2.26. The molecule has 1 aliphatic rings. The third kappa shape index (κ3) is 2.79. The molecule has 1 atom stereocenters. The Hall–Kier alpha value is -0.410. The number of hydrogen-bond acceptors (Lipinski definition) is 3. The smallest absolute Gasteiger partial charge is 0.126 e. The Labute approximate surface area is 93.4 Å². The van der Waals surface area contributed by atoms with Crippen LogP contribution in [0.25, 0.3) is 0 Å². The summed E-state index contributed by atoms with van der Waals surface area (Å²) in [7, 11) is 0. The lowest BCUT2D eigenvalue weighted by Gasteiger charge is -2.10. The van der Waals surface area contributed by atoms with Gasteiger partial charge in [0.25, 0.3) is 0 Å². The fourth-order valence-electron chi connectivity index (χ4n) is 1.50. The minimum Gasteiger partial charge on any atom is -0.369 e. The van der Waals surface area contributed by atoms with Crippen molar-refractivity contribution < 1.29 is 0 Å². The van der Waals surface area contributed by atoms with E-state index in [1.165, 1.54) is 18.6 Å². The molecule has 1 unspecified atom stereocenters. The summed E-state index contributed by atoms with van der Waals surface area (Å²) in [4.78, 5) is 4.19. The van der Waals surface area contributed by atoms with Gasteiger partial charge in [0, 0.05) is 18.0 Å². The average molecular weight is 229 g/mol. The standard InChI is InChI=1S/C10H13ClN2S/c11-8-3-4-10(12-6-8)13-7-9-2-1-5-14-9/h3-4,6,9H,1-2,5,7H2,(H,12,13). The van der Waals surface area contributed by atoms with Crippen LogP contribution in [0.2, 0.25) is 5.02 Å². The van der Waals surface area contributed by atoms with Crippen molar-refractivity contribution in [3.8, 4) is 0 Å². The summed E-state index contributed by atoms with van der Waals surface area (Å²) in [6.07, 6.45) is 4.35. The monoisotopic (exact) mass is 228 g/mol. The van der Waals surface area contributed by atoms with Gasteiger partial charge in [0.2, 0.25) is 0 Å². The zero-order chi connectivity index (χ0) is 9.80. The second-order valence-corrected chi connectivity index (χ2v) is 5.22. The van der Waals surface area contributed by atoms with Crippen LogP contribution in [-0.2, 0) is 0 Å². The minimum absolute atomic E-state index is 0.686. The highest BCUT2D eigenvalue weighted by Crippen LogP contribution is 2.26. The van der Waals surface area contributed by atoms with Crippen LogP contribution in [0.3, 0.4) is 0 Å². The number of hydrogen-bond donors (Lipinski definition) is 1. The number of rotatable bonds is 3. The van der Waals surface area contributed by atoms with Gasteiger partial charge >= 0.3 is 0 Å². The van der Waals surface area contributed by atoms with E-state index in [1.807, 2.05) is 23.9 Å². The van der Waals surface area contributed by atoms with Crippen LogP contribution in [-0.4, -0.2) is 22.5 Å². The SMILES string of the molecule is Clc1ccc(NCC2CCCS2)nc1. The van der Waals surface area contributed by atoms with Crippen molar-refractivity contribution in [3.05, 3.63) is 23.4 Å². The summed E-state index contributed by atoms with van der Waals surface area (Å²) in [5, 5.41) is 4.77. The number of nitrogens with one attached hydrogen (secondary N) is 1. The van der Waals surface area contributed by atoms with Crippen molar-refractivity contribution in [1.82, 2.24) is 4.98 Å². The molecule has 0 saturated carbocycles. The second kappa shape index (κ2) is 4.89. The fraction of sp³-hybridized carbons (Fsp3) is 0.500. The molecule has 1 fully saturated rings. The average Bonchev–Trinajstić information content (AvgIpc) is 2.70. The zero-order valence-electron chi connectivity index (χ0n) is 7.87. The van der Waals surface area contributed by atoms with E-state index < -0.39 is 0 Å². The van der Waals surface area contributed by atoms with E-state index in [0.29, 0.717) is 5.02 Å². The van der Waals surface area contributed by atoms with Gasteiger partial charge in [0.1, 0.15) is 5.82 Å². The minimum atomic E-state index is 0.686. The van der Waals surface area contributed by atoms with E-state index in [1.54, 1.807) is 6.20 Å². The van der Waals surface area contributed by atoms with Gasteiger partial charge in [-0.15, -0.1) is 0 Å². The van der Waals surface area contributed by atoms with Gasteiger partial charge in [-0.2, -0.15) is 11.8 Å². The van der Waals surface area contributed by atoms with E-state index in [-0.39, 0.29) is 0 Å². The Morgan fingerprint density at radius 1 is 1.57 bits per heavy atom. The molecule has 0 aliphatic carbocycles. The van der Waals surface area contributed by atoms with E-state index in [0.717, 1.165) is 17.6 Å². The van der Waals surface area contributed by atoms with Gasteiger partial charge in [-0.05, 0) is 30.7 Å². The lowest BCUT2D eigenvalue weighted by Crippen LogP contribution is -2.14. The normalized spacial score (nSPS) is 21.1. The molecule has 0 bridgehead atoms. The van der Waals surface area contributed by atoms with E-state index in [9.17, 15) is 0 Å². The van der Waals surface area contributed by atoms with Crippen LogP contribution in [0.5, 0.6) is 0 Å². The molecule has 0 amide bonds. The molecular weight excluding hydrogens is 216 g/mol. The molecule has 1 N–H and O–H groups in total. The first-order valence-electron chi connectivity index (χ1n) is 4.81. The molecule has 2 nitrogen and oxygen atoms in total. The van der Waals surface area contributed by atoms with Gasteiger partial charge in [-0.3, -0.25) is 0 Å². The Balaban J connectivity index is 1.82. The van der Waals surface area contributed by atoms with E-state index in [4.69, 9.17) is 11.6 Å². The fourth-order valence-corrected chi connectivity index (χ4v) is 2.82. The molecule has 4 heteroatoms. The molecule has 0 aromatic carbocycles. The van der Waals surface area contributed by atoms with Crippen molar-refractivity contribution in [2.75, 3.05) is 17.6 Å². The summed E-state index contributed by atoms with van der Waals surface area (Å²) < 4.78 is 0. The Morgan fingerprint density at radius 2 is 2.50 bits per heavy atom. The maximum absolute atomic E-state index is 5.74. The van der Waals surface area contributed by atoms with Crippen molar-refractivity contribution in [2.24, 2.45) is 0 Å². The predicted molar refractivity (Wildman–Crippen MR) is 63.2 cm³/mol. The maximum Gasteiger partial charge on any atom is 0.126 e. The molecule has 76 valence electrons. The van der Waals surface area contributed by atoms with E-state index >= 15 is 0 Å². The van der Waals surface area contributed by atoms with Crippen LogP contribution >= 0.6 is 23.4 Å². The zero-order valence-corrected chi connectivity index (χ0v) is 9.44. The summed E-state index contributed by atoms with van der Waals surface area (Å²) in [5.41, 5.74) is 0. The van der Waals surface area contributed by atoms with Gasteiger partial charge in [0.15, 0.2) is 0 Å². The molecule has 1 aliphatic heterocycles. The van der Waals surface area contributed by atoms with Crippen LogP contribution in [0.15, 0.2) is 18.3 Å². The van der Waals surface area contributed by atoms with E-state index in [2.05, 4.69) is 10.3 Å². The van der Waals surface area contributed by atoms with Gasteiger partial charge in [0.05, 0.1) is 5.02 Å². The Kier molecular flexibility index (Phi) is 3.54. The topological polar surface area (TPSA) is 24.9 Å². The van der Waals surface area contributed by atoms with Crippen molar-refractivity contribution in [3.63, 3.8) is 0 Å². The molecule has 2 heterocycles. The number of thioether (sulfide) groups is 1. The summed E-state index contributed by atoms with van der Waals surface area (Å²) in [5.74, 6) is 2.22. The molecule has 1 aromatic heterocycles. The Morgan fingerprint density at radius 3 is 3.14 bits per heavy atom. The maximum atomic E-state index is 5.74. The van der Waals surface area contributed by atoms with Crippen LogP contribution < -0.4 is 5.32 Å². The summed E-state index contributed by atoms with van der Waals surface area (Å²) in [6, 6.07) is 3.78. The van der Waals surface area contributed by atoms with Crippen LogP contribution in [0.1, 0.15) is 12.8 Å². The van der Waals surface area contributed by atoms with Crippen molar-refractivity contribution >= 4 is 29.2 Å². The quantitative estimate of drug-likeness (QED) is 0.861. The highest BCUT2D eigenvalue weighted by atomic mass is 35.5. The highest BCUT2D eigenvalue weighted by molar-refractivity contribution is 8.00. The summed E-state index contributed by atoms with van der Waals surface area (Å²) in [6.45, 7) is 1.01. The highest BCUT2D eigenvalue weighted by Gasteiger charge is 2.14. The third-order valence-corrected chi connectivity index (χ3v) is 3.88. The summed E-state index contributed by atoms with van der Waals surface area (Å²) >= 11 is 7.79. The molecule has 2 rings (SSSR count). The lowest BCUT2D eigenvalue weighted by molar-refractivity contribution is 0.803. The molecule has 1 saturated heterocycles. The first-order valence-corrected chi connectivity index (χ1v) is 6.24. The first-order chi connectivity index (χ1) is 6.84. The molecule has 14 heavy (non-hydrogen) atoms. The van der Waals surface area contributed by atoms with Crippen molar-refractivity contribution in [2.45, 2.75) is 18.1 Å². The molecule has 1 aromatic rings. The Bertz CT molecular complexity index is 283. The van der Waals surface area contributed by atoms with Crippen LogP contribution in [0.4, 0.5) is 5.82 Å². The molecule has 0 radical (unpaired) electrons. The number of halogens is 1. The lowest BCUT2D eigenvalue weighted by atomic mass is 10.2. The van der Waals surface area contributed by atoms with Gasteiger partial charge in [-0.25, -0.2) is 4.98 Å². The second-order valence-electron chi connectivity index (χ2n) is 3.38. The van der Waals surface area contributed by atoms with Gasteiger partial charge in [-0.1, -0.05) is 11.6 Å². The number of nitrogens with zero attached hydrogens (tertiary/aromatic N) is 1. The predicted octanol–water partition coefficient (Wildman–Crippen LogP) is 3.04. The van der Waals surface area contributed by atoms with Gasteiger partial charge < -0.3 is 5.32 Å². The molecule has 0 spiro atoms. The molecular formula is C10H13ClN2S. The van der Waals surface area contributed by atoms with Crippen molar-refractivity contribution in [1.29, 1.82) is 0 Å².